The van der Waals surface area contributed by atoms with E-state index in [-0.39, 0.29) is 0 Å². The summed E-state index contributed by atoms with van der Waals surface area (Å²) in [7, 11) is 0. The fourth-order valence-electron chi connectivity index (χ4n) is 1.62. The van der Waals surface area contributed by atoms with Crippen LogP contribution >= 0.6 is 11.8 Å². The van der Waals surface area contributed by atoms with Gasteiger partial charge in [-0.25, -0.2) is 0 Å². The predicted molar refractivity (Wildman–Crippen MR) is 93.1 cm³/mol. The lowest BCUT2D eigenvalue weighted by Crippen LogP contribution is -2.39. The Labute approximate surface area is 132 Å². The van der Waals surface area contributed by atoms with Crippen LogP contribution in [0, 0.1) is 5.92 Å². The maximum atomic E-state index is 5.33. The summed E-state index contributed by atoms with van der Waals surface area (Å²) in [4.78, 5) is 4.59. The Kier molecular flexibility index (Phi) is 9.53. The maximum Gasteiger partial charge on any atom is 0.191 e. The van der Waals surface area contributed by atoms with Crippen molar-refractivity contribution in [3.63, 3.8) is 0 Å². The average molecular weight is 309 g/mol. The second kappa shape index (κ2) is 11.3. The van der Waals surface area contributed by atoms with Crippen LogP contribution < -0.4 is 10.6 Å². The standard InChI is InChI=1S/C16H27N3OS/c1-4-11-21-12-9-18-16(19-13-14(2)3)17-8-7-15-6-5-10-20-15/h4-6,10,14H,1,7-9,11-13H2,2-3H3,(H2,17,18,19). The van der Waals surface area contributed by atoms with Crippen LogP contribution in [0.1, 0.15) is 19.6 Å². The first-order chi connectivity index (χ1) is 10.2. The van der Waals surface area contributed by atoms with E-state index in [1.807, 2.05) is 30.0 Å². The van der Waals surface area contributed by atoms with E-state index in [4.69, 9.17) is 4.42 Å². The van der Waals surface area contributed by atoms with Gasteiger partial charge < -0.3 is 15.1 Å². The molecule has 0 saturated heterocycles. The van der Waals surface area contributed by atoms with Gasteiger partial charge >= 0.3 is 0 Å². The Hall–Kier alpha value is -1.36. The molecule has 0 aliphatic carbocycles. The molecule has 0 radical (unpaired) electrons. The molecule has 0 spiro atoms. The molecule has 0 fully saturated rings. The largest absolute Gasteiger partial charge is 0.469 e. The van der Waals surface area contributed by atoms with Gasteiger partial charge in [0.05, 0.1) is 6.26 Å². The van der Waals surface area contributed by atoms with E-state index in [0.717, 1.165) is 49.3 Å². The molecule has 21 heavy (non-hydrogen) atoms. The highest BCUT2D eigenvalue weighted by Gasteiger charge is 2.01. The molecular weight excluding hydrogens is 282 g/mol. The molecule has 1 heterocycles. The SMILES string of the molecule is C=CCSCCNC(=NCC(C)C)NCCc1ccco1. The third-order valence-corrected chi connectivity index (χ3v) is 3.60. The second-order valence-electron chi connectivity index (χ2n) is 5.13. The molecular formula is C16H27N3OS. The van der Waals surface area contributed by atoms with Gasteiger partial charge in [-0.1, -0.05) is 19.9 Å². The molecule has 4 nitrogen and oxygen atoms in total. The van der Waals surface area contributed by atoms with Gasteiger partial charge in [-0.05, 0) is 18.1 Å². The van der Waals surface area contributed by atoms with Crippen LogP contribution in [0.2, 0.25) is 0 Å². The van der Waals surface area contributed by atoms with Crippen molar-refractivity contribution in [2.24, 2.45) is 10.9 Å². The van der Waals surface area contributed by atoms with E-state index >= 15 is 0 Å². The number of hydrogen-bond donors (Lipinski definition) is 2. The number of guanidine groups is 1. The summed E-state index contributed by atoms with van der Waals surface area (Å²) in [5.41, 5.74) is 0. The smallest absolute Gasteiger partial charge is 0.191 e. The number of thioether (sulfide) groups is 1. The zero-order valence-electron chi connectivity index (χ0n) is 13.1. The van der Waals surface area contributed by atoms with E-state index < -0.39 is 0 Å². The van der Waals surface area contributed by atoms with E-state index in [9.17, 15) is 0 Å². The normalized spacial score (nSPS) is 11.7. The minimum atomic E-state index is 0.559. The van der Waals surface area contributed by atoms with Crippen molar-refractivity contribution in [1.82, 2.24) is 10.6 Å². The summed E-state index contributed by atoms with van der Waals surface area (Å²) in [6.45, 7) is 10.6. The highest BCUT2D eigenvalue weighted by Crippen LogP contribution is 2.00. The van der Waals surface area contributed by atoms with E-state index in [2.05, 4.69) is 36.1 Å². The van der Waals surface area contributed by atoms with Gasteiger partial charge in [0.1, 0.15) is 5.76 Å². The molecule has 0 saturated carbocycles. The van der Waals surface area contributed by atoms with Gasteiger partial charge in [0, 0.05) is 37.6 Å². The van der Waals surface area contributed by atoms with Crippen LogP contribution in [-0.4, -0.2) is 37.1 Å². The van der Waals surface area contributed by atoms with Crippen molar-refractivity contribution in [3.8, 4) is 0 Å². The third-order valence-electron chi connectivity index (χ3n) is 2.63. The number of nitrogens with one attached hydrogen (secondary N) is 2. The molecule has 1 aromatic heterocycles. The van der Waals surface area contributed by atoms with Crippen LogP contribution in [0.4, 0.5) is 0 Å². The zero-order valence-corrected chi connectivity index (χ0v) is 13.9. The second-order valence-corrected chi connectivity index (χ2v) is 6.28. The van der Waals surface area contributed by atoms with Crippen molar-refractivity contribution in [2.45, 2.75) is 20.3 Å². The van der Waals surface area contributed by atoms with Crippen molar-refractivity contribution in [2.75, 3.05) is 31.1 Å². The summed E-state index contributed by atoms with van der Waals surface area (Å²) >= 11 is 1.86. The van der Waals surface area contributed by atoms with Crippen LogP contribution in [0.3, 0.4) is 0 Å². The number of rotatable bonds is 10. The van der Waals surface area contributed by atoms with Gasteiger partial charge in [0.2, 0.25) is 0 Å². The highest BCUT2D eigenvalue weighted by atomic mass is 32.2. The van der Waals surface area contributed by atoms with Crippen LogP contribution in [0.25, 0.3) is 0 Å². The molecule has 0 aliphatic rings. The molecule has 0 aliphatic heterocycles. The molecule has 0 amide bonds. The minimum absolute atomic E-state index is 0.559. The molecule has 0 unspecified atom stereocenters. The van der Waals surface area contributed by atoms with Crippen molar-refractivity contribution < 1.29 is 4.42 Å². The first-order valence-electron chi connectivity index (χ1n) is 7.45. The Bertz CT molecular complexity index is 402. The molecule has 0 aromatic carbocycles. The predicted octanol–water partition coefficient (Wildman–Crippen LogP) is 2.93. The summed E-state index contributed by atoms with van der Waals surface area (Å²) in [6, 6.07) is 3.91. The van der Waals surface area contributed by atoms with Gasteiger partial charge in [0.15, 0.2) is 5.96 Å². The average Bonchev–Trinajstić information content (AvgIpc) is 2.97. The van der Waals surface area contributed by atoms with Gasteiger partial charge in [-0.2, -0.15) is 11.8 Å². The molecule has 5 heteroatoms. The Balaban J connectivity index is 2.29. The number of furan rings is 1. The topological polar surface area (TPSA) is 49.6 Å². The summed E-state index contributed by atoms with van der Waals surface area (Å²) in [6.07, 6.45) is 4.50. The molecule has 118 valence electrons. The highest BCUT2D eigenvalue weighted by molar-refractivity contribution is 7.99. The lowest BCUT2D eigenvalue weighted by atomic mass is 10.2. The number of hydrogen-bond acceptors (Lipinski definition) is 3. The summed E-state index contributed by atoms with van der Waals surface area (Å²) in [5, 5.41) is 6.72. The van der Waals surface area contributed by atoms with E-state index in [0.29, 0.717) is 5.92 Å². The Morgan fingerprint density at radius 3 is 2.90 bits per heavy atom. The van der Waals surface area contributed by atoms with E-state index in [1.54, 1.807) is 6.26 Å². The first-order valence-corrected chi connectivity index (χ1v) is 8.61. The quantitative estimate of drug-likeness (QED) is 0.302. The number of aliphatic imine (C=N–C) groups is 1. The molecule has 1 aromatic rings. The monoisotopic (exact) mass is 309 g/mol. The molecule has 0 bridgehead atoms. The van der Waals surface area contributed by atoms with Gasteiger partial charge in [-0.3, -0.25) is 4.99 Å². The Morgan fingerprint density at radius 2 is 2.24 bits per heavy atom. The minimum Gasteiger partial charge on any atom is -0.469 e. The van der Waals surface area contributed by atoms with Gasteiger partial charge in [-0.15, -0.1) is 6.58 Å². The lowest BCUT2D eigenvalue weighted by molar-refractivity contribution is 0.506. The maximum absolute atomic E-state index is 5.33. The molecule has 0 atom stereocenters. The van der Waals surface area contributed by atoms with Crippen molar-refractivity contribution in [3.05, 3.63) is 36.8 Å². The zero-order chi connectivity index (χ0) is 15.3. The van der Waals surface area contributed by atoms with E-state index in [1.165, 1.54) is 0 Å². The summed E-state index contributed by atoms with van der Waals surface area (Å²) in [5.74, 6) is 4.48. The Morgan fingerprint density at radius 1 is 1.43 bits per heavy atom. The molecule has 1 rings (SSSR count). The van der Waals surface area contributed by atoms with Gasteiger partial charge in [0.25, 0.3) is 0 Å². The summed E-state index contributed by atoms with van der Waals surface area (Å²) < 4.78 is 5.33. The fourth-order valence-corrected chi connectivity index (χ4v) is 2.20. The molecule has 2 N–H and O–H groups in total. The van der Waals surface area contributed by atoms with Crippen LogP contribution in [-0.2, 0) is 6.42 Å². The van der Waals surface area contributed by atoms with Crippen LogP contribution in [0.15, 0.2) is 40.5 Å². The van der Waals surface area contributed by atoms with Crippen molar-refractivity contribution in [1.29, 1.82) is 0 Å². The van der Waals surface area contributed by atoms with Crippen LogP contribution in [0.5, 0.6) is 0 Å². The van der Waals surface area contributed by atoms with Crippen molar-refractivity contribution >= 4 is 17.7 Å². The fraction of sp³-hybridized carbons (Fsp3) is 0.562. The number of nitrogens with zero attached hydrogens (tertiary/aromatic N) is 1. The first kappa shape index (κ1) is 17.7. The lowest BCUT2D eigenvalue weighted by Gasteiger charge is -2.12. The third kappa shape index (κ3) is 9.24.